The molecule has 0 unspecified atom stereocenters. The van der Waals surface area contributed by atoms with E-state index in [4.69, 9.17) is 21.6 Å². The normalized spacial score (nSPS) is 10.5. The van der Waals surface area contributed by atoms with Crippen LogP contribution in [0.1, 0.15) is 6.92 Å². The van der Waals surface area contributed by atoms with Crippen LogP contribution in [0.4, 0.5) is 11.4 Å². The second-order valence-corrected chi connectivity index (χ2v) is 4.40. The average Bonchev–Trinajstić information content (AvgIpc) is 2.47. The Balaban J connectivity index is 2.98. The summed E-state index contributed by atoms with van der Waals surface area (Å²) < 4.78 is 4.70. The number of halogens is 1. The molecule has 0 fully saturated rings. The van der Waals surface area contributed by atoms with Gasteiger partial charge in [-0.15, -0.1) is 0 Å². The highest BCUT2D eigenvalue weighted by molar-refractivity contribution is 6.30. The molecule has 0 radical (unpaired) electrons. The summed E-state index contributed by atoms with van der Waals surface area (Å²) in [5, 5.41) is 21.4. The minimum atomic E-state index is -0.781. The van der Waals surface area contributed by atoms with E-state index in [1.54, 1.807) is 13.0 Å². The highest BCUT2D eigenvalue weighted by Gasteiger charge is 2.18. The van der Waals surface area contributed by atoms with Gasteiger partial charge in [-0.05, 0) is 19.1 Å². The number of ether oxygens (including phenoxy) is 1. The van der Waals surface area contributed by atoms with E-state index in [0.717, 1.165) is 6.20 Å². The van der Waals surface area contributed by atoms with Crippen LogP contribution < -0.4 is 10.4 Å². The lowest BCUT2D eigenvalue weighted by Crippen LogP contribution is -2.31. The first-order valence-electron chi connectivity index (χ1n) is 6.12. The van der Waals surface area contributed by atoms with Crippen molar-refractivity contribution >= 4 is 28.9 Å². The van der Waals surface area contributed by atoms with Crippen molar-refractivity contribution in [2.45, 2.75) is 6.92 Å². The lowest BCUT2D eigenvalue weighted by molar-refractivity contribution is -0.384. The van der Waals surface area contributed by atoms with Gasteiger partial charge in [0.1, 0.15) is 11.8 Å². The first-order chi connectivity index (χ1) is 10.4. The molecule has 8 nitrogen and oxygen atoms in total. The molecule has 1 aromatic carbocycles. The Kier molecular flexibility index (Phi) is 6.16. The van der Waals surface area contributed by atoms with Crippen molar-refractivity contribution in [2.24, 2.45) is 0 Å². The van der Waals surface area contributed by atoms with E-state index >= 15 is 0 Å². The van der Waals surface area contributed by atoms with Gasteiger partial charge in [-0.1, -0.05) is 11.6 Å². The van der Waals surface area contributed by atoms with Crippen molar-refractivity contribution in [3.8, 4) is 6.07 Å². The second-order valence-electron chi connectivity index (χ2n) is 3.97. The Bertz CT molecular complexity index is 654. The van der Waals surface area contributed by atoms with E-state index in [1.165, 1.54) is 30.3 Å². The molecular weight excluding hydrogens is 312 g/mol. The van der Waals surface area contributed by atoms with Crippen LogP contribution in [0.25, 0.3) is 0 Å². The van der Waals surface area contributed by atoms with Crippen LogP contribution in [0.2, 0.25) is 5.02 Å². The number of hydrazine groups is 1. The molecule has 0 aliphatic heterocycles. The zero-order valence-electron chi connectivity index (χ0n) is 11.9. The van der Waals surface area contributed by atoms with Crippen molar-refractivity contribution in [2.75, 3.05) is 18.7 Å². The van der Waals surface area contributed by atoms with Gasteiger partial charge in [0.05, 0.1) is 11.5 Å². The average molecular weight is 325 g/mol. The zero-order chi connectivity index (χ0) is 16.7. The van der Waals surface area contributed by atoms with Gasteiger partial charge in [0.25, 0.3) is 5.69 Å². The van der Waals surface area contributed by atoms with E-state index in [1.807, 2.05) is 0 Å². The second kappa shape index (κ2) is 7.85. The number of hydrogen-bond acceptors (Lipinski definition) is 7. The van der Waals surface area contributed by atoms with Crippen LogP contribution in [-0.4, -0.2) is 24.5 Å². The topological polar surface area (TPSA) is 108 Å². The minimum Gasteiger partial charge on any atom is -0.462 e. The number of hydrogen-bond donors (Lipinski definition) is 1. The van der Waals surface area contributed by atoms with Gasteiger partial charge in [-0.2, -0.15) is 5.26 Å². The number of carbonyl (C=O) groups excluding carboxylic acids is 1. The maximum Gasteiger partial charge on any atom is 0.350 e. The molecule has 1 N–H and O–H groups in total. The van der Waals surface area contributed by atoms with E-state index in [9.17, 15) is 14.9 Å². The Morgan fingerprint density at radius 3 is 2.86 bits per heavy atom. The summed E-state index contributed by atoms with van der Waals surface area (Å²) >= 11 is 5.73. The molecule has 0 bridgehead atoms. The summed E-state index contributed by atoms with van der Waals surface area (Å²) in [5.41, 5.74) is 2.34. The monoisotopic (exact) mass is 324 g/mol. The Morgan fingerprint density at radius 1 is 1.64 bits per heavy atom. The third-order valence-corrected chi connectivity index (χ3v) is 2.75. The predicted octanol–water partition coefficient (Wildman–Crippen LogP) is 2.16. The standard InChI is InChI=1S/C13H13ClN4O4/c1-3-22-13(19)9(7-15)8-16-17(2)11-5-4-10(14)6-12(11)18(20)21/h4-6,8,16H,3H2,1-2H3. The first kappa shape index (κ1) is 17.3. The van der Waals surface area contributed by atoms with Gasteiger partial charge in [0.15, 0.2) is 5.57 Å². The molecule has 0 spiro atoms. The fraction of sp³-hybridized carbons (Fsp3) is 0.231. The number of carbonyl (C=O) groups is 1. The quantitative estimate of drug-likeness (QED) is 0.281. The molecule has 0 aromatic heterocycles. The zero-order valence-corrected chi connectivity index (χ0v) is 12.6. The Labute approximate surface area is 131 Å². The summed E-state index contributed by atoms with van der Waals surface area (Å²) in [6.07, 6.45) is 1.11. The van der Waals surface area contributed by atoms with E-state index in [0.29, 0.717) is 0 Å². The predicted molar refractivity (Wildman–Crippen MR) is 80.0 cm³/mol. The molecule has 0 amide bonds. The van der Waals surface area contributed by atoms with Crippen LogP contribution in [0.15, 0.2) is 30.0 Å². The number of benzene rings is 1. The number of rotatable bonds is 6. The summed E-state index contributed by atoms with van der Waals surface area (Å²) in [4.78, 5) is 21.9. The largest absolute Gasteiger partial charge is 0.462 e. The summed E-state index contributed by atoms with van der Waals surface area (Å²) in [5.74, 6) is -0.781. The van der Waals surface area contributed by atoms with E-state index < -0.39 is 10.9 Å². The molecule has 0 heterocycles. The van der Waals surface area contributed by atoms with Gasteiger partial charge in [0, 0.05) is 24.3 Å². The van der Waals surface area contributed by atoms with Crippen LogP contribution in [0.3, 0.4) is 0 Å². The van der Waals surface area contributed by atoms with Crippen molar-refractivity contribution in [1.82, 2.24) is 5.43 Å². The highest BCUT2D eigenvalue weighted by atomic mass is 35.5. The Morgan fingerprint density at radius 2 is 2.32 bits per heavy atom. The van der Waals surface area contributed by atoms with Crippen molar-refractivity contribution in [1.29, 1.82) is 5.26 Å². The SMILES string of the molecule is CCOC(=O)C(C#N)=CNN(C)c1ccc(Cl)cc1[N+](=O)[O-]. The number of anilines is 1. The molecule has 22 heavy (non-hydrogen) atoms. The van der Waals surface area contributed by atoms with Gasteiger partial charge in [-0.3, -0.25) is 15.1 Å². The van der Waals surface area contributed by atoms with Gasteiger partial charge >= 0.3 is 5.97 Å². The lowest BCUT2D eigenvalue weighted by Gasteiger charge is -2.19. The molecule has 0 aliphatic rings. The molecule has 0 atom stereocenters. The van der Waals surface area contributed by atoms with Crippen LogP contribution in [-0.2, 0) is 9.53 Å². The number of esters is 1. The van der Waals surface area contributed by atoms with Crippen molar-refractivity contribution < 1.29 is 14.5 Å². The lowest BCUT2D eigenvalue weighted by atomic mass is 10.2. The summed E-state index contributed by atoms with van der Waals surface area (Å²) in [6, 6.07) is 5.82. The van der Waals surface area contributed by atoms with E-state index in [2.05, 4.69) is 5.43 Å². The number of nitriles is 1. The summed E-state index contributed by atoms with van der Waals surface area (Å²) in [6.45, 7) is 1.75. The molecule has 0 saturated carbocycles. The van der Waals surface area contributed by atoms with Crippen molar-refractivity contribution in [3.63, 3.8) is 0 Å². The highest BCUT2D eigenvalue weighted by Crippen LogP contribution is 2.29. The molecule has 1 rings (SSSR count). The van der Waals surface area contributed by atoms with Gasteiger partial charge in [-0.25, -0.2) is 4.79 Å². The van der Waals surface area contributed by atoms with Crippen LogP contribution >= 0.6 is 11.6 Å². The van der Waals surface area contributed by atoms with E-state index in [-0.39, 0.29) is 28.6 Å². The van der Waals surface area contributed by atoms with Gasteiger partial charge in [0.2, 0.25) is 0 Å². The fourth-order valence-electron chi connectivity index (χ4n) is 1.50. The van der Waals surface area contributed by atoms with Crippen LogP contribution in [0.5, 0.6) is 0 Å². The Hall–Kier alpha value is -2.79. The molecule has 1 aromatic rings. The number of nitro benzene ring substituents is 1. The van der Waals surface area contributed by atoms with Gasteiger partial charge < -0.3 is 10.2 Å². The maximum absolute atomic E-state index is 11.4. The minimum absolute atomic E-state index is 0.135. The van der Waals surface area contributed by atoms with Crippen molar-refractivity contribution in [3.05, 3.63) is 45.1 Å². The summed E-state index contributed by atoms with van der Waals surface area (Å²) in [7, 11) is 1.49. The molecular formula is C13H13ClN4O4. The number of nitrogens with one attached hydrogen (secondary N) is 1. The maximum atomic E-state index is 11.4. The fourth-order valence-corrected chi connectivity index (χ4v) is 1.67. The third-order valence-electron chi connectivity index (χ3n) is 2.51. The molecule has 0 saturated heterocycles. The molecule has 0 aliphatic carbocycles. The number of nitrogens with zero attached hydrogens (tertiary/aromatic N) is 3. The third kappa shape index (κ3) is 4.36. The number of nitro groups is 1. The smallest absolute Gasteiger partial charge is 0.350 e. The first-order valence-corrected chi connectivity index (χ1v) is 6.49. The molecule has 9 heteroatoms. The van der Waals surface area contributed by atoms with Crippen LogP contribution in [0, 0.1) is 21.4 Å². The molecule has 116 valence electrons.